The molecule has 1 aromatic carbocycles. The smallest absolute Gasteiger partial charge is 0.182 e. The minimum absolute atomic E-state index is 0.345. The molecule has 2 heterocycles. The van der Waals surface area contributed by atoms with Crippen LogP contribution in [0.15, 0.2) is 42.7 Å². The second kappa shape index (κ2) is 7.21. The van der Waals surface area contributed by atoms with Crippen molar-refractivity contribution in [3.05, 3.63) is 54.0 Å². The Kier molecular flexibility index (Phi) is 4.84. The summed E-state index contributed by atoms with van der Waals surface area (Å²) >= 11 is 0. The highest BCUT2D eigenvalue weighted by Crippen LogP contribution is 2.25. The number of nitrogens with zero attached hydrogens (tertiary/aromatic N) is 4. The fourth-order valence-corrected chi connectivity index (χ4v) is 3.09. The Morgan fingerprint density at radius 3 is 2.57 bits per heavy atom. The summed E-state index contributed by atoms with van der Waals surface area (Å²) in [5, 5.41) is 12.5. The highest BCUT2D eigenvalue weighted by atomic mass is 15.2. The van der Waals surface area contributed by atoms with Crippen LogP contribution in [-0.2, 0) is 0 Å². The Balaban J connectivity index is 1.58. The molecule has 1 saturated heterocycles. The molecule has 1 N–H and O–H groups in total. The number of hydrogen-bond donors (Lipinski definition) is 1. The first-order valence-electron chi connectivity index (χ1n) is 8.04. The van der Waals surface area contributed by atoms with Crippen molar-refractivity contribution >= 4 is 5.82 Å². The fraction of sp³-hybridized carbons (Fsp3) is 0.389. The molecule has 118 valence electrons. The first-order valence-corrected chi connectivity index (χ1v) is 8.04. The Hall–Kier alpha value is -2.45. The van der Waals surface area contributed by atoms with Gasteiger partial charge in [0.15, 0.2) is 11.5 Å². The van der Waals surface area contributed by atoms with Gasteiger partial charge in [0.2, 0.25) is 0 Å². The number of benzene rings is 1. The zero-order valence-electron chi connectivity index (χ0n) is 13.3. The maximum absolute atomic E-state index is 9.09. The number of anilines is 1. The summed E-state index contributed by atoms with van der Waals surface area (Å²) in [6.45, 7) is 4.34. The molecule has 23 heavy (non-hydrogen) atoms. The number of hydrogen-bond acceptors (Lipinski definition) is 5. The van der Waals surface area contributed by atoms with Gasteiger partial charge in [-0.25, -0.2) is 9.97 Å². The van der Waals surface area contributed by atoms with Crippen LogP contribution in [0, 0.1) is 11.3 Å². The number of rotatable bonds is 4. The second-order valence-electron chi connectivity index (χ2n) is 5.91. The molecule has 5 nitrogen and oxygen atoms in total. The standard InChI is InChI=1S/C18H21N5/c1-14(15-5-3-2-4-6-15)23-11-7-16(8-12-23)22-18-17(13-19)20-9-10-21-18/h2-6,9-10,14,16H,7-8,11-12H2,1H3,(H,21,22). The molecule has 1 atom stereocenters. The van der Waals surface area contributed by atoms with E-state index in [9.17, 15) is 0 Å². The van der Waals surface area contributed by atoms with E-state index < -0.39 is 0 Å². The van der Waals surface area contributed by atoms with Gasteiger partial charge >= 0.3 is 0 Å². The third-order valence-electron chi connectivity index (χ3n) is 4.50. The molecule has 1 aliphatic rings. The van der Waals surface area contributed by atoms with Gasteiger partial charge in [0.05, 0.1) is 0 Å². The summed E-state index contributed by atoms with van der Waals surface area (Å²) in [6.07, 6.45) is 5.25. The lowest BCUT2D eigenvalue weighted by atomic mass is 10.00. The van der Waals surface area contributed by atoms with E-state index in [4.69, 9.17) is 5.26 Å². The van der Waals surface area contributed by atoms with Gasteiger partial charge in [0, 0.05) is 37.6 Å². The summed E-state index contributed by atoms with van der Waals surface area (Å²) in [5.74, 6) is 0.601. The molecule has 2 aromatic rings. The van der Waals surface area contributed by atoms with Gasteiger partial charge in [-0.05, 0) is 25.3 Å². The number of likely N-dealkylation sites (tertiary alicyclic amines) is 1. The van der Waals surface area contributed by atoms with E-state index in [-0.39, 0.29) is 0 Å². The summed E-state index contributed by atoms with van der Waals surface area (Å²) < 4.78 is 0. The van der Waals surface area contributed by atoms with Crippen LogP contribution < -0.4 is 5.32 Å². The van der Waals surface area contributed by atoms with Crippen molar-refractivity contribution in [2.75, 3.05) is 18.4 Å². The molecule has 1 aliphatic heterocycles. The minimum Gasteiger partial charge on any atom is -0.365 e. The maximum Gasteiger partial charge on any atom is 0.182 e. The van der Waals surface area contributed by atoms with Crippen LogP contribution in [0.1, 0.15) is 37.1 Å². The third kappa shape index (κ3) is 3.66. The Labute approximate surface area is 137 Å². The first kappa shape index (κ1) is 15.4. The number of nitrogens with one attached hydrogen (secondary N) is 1. The molecule has 0 bridgehead atoms. The van der Waals surface area contributed by atoms with Crippen molar-refractivity contribution in [3.63, 3.8) is 0 Å². The maximum atomic E-state index is 9.09. The summed E-state index contributed by atoms with van der Waals surface area (Å²) in [7, 11) is 0. The van der Waals surface area contributed by atoms with Crippen molar-refractivity contribution < 1.29 is 0 Å². The lowest BCUT2D eigenvalue weighted by Crippen LogP contribution is -2.40. The lowest BCUT2D eigenvalue weighted by molar-refractivity contribution is 0.167. The van der Waals surface area contributed by atoms with Crippen LogP contribution in [0.3, 0.4) is 0 Å². The van der Waals surface area contributed by atoms with Gasteiger partial charge in [-0.15, -0.1) is 0 Å². The molecule has 0 saturated carbocycles. The number of aromatic nitrogens is 2. The van der Waals surface area contributed by atoms with Crippen LogP contribution in [0.2, 0.25) is 0 Å². The summed E-state index contributed by atoms with van der Waals surface area (Å²) in [4.78, 5) is 10.8. The SMILES string of the molecule is CC(c1ccccc1)N1CCC(Nc2nccnc2C#N)CC1. The van der Waals surface area contributed by atoms with Gasteiger partial charge < -0.3 is 5.32 Å². The van der Waals surface area contributed by atoms with Crippen LogP contribution in [0.25, 0.3) is 0 Å². The van der Waals surface area contributed by atoms with Crippen molar-refractivity contribution in [2.24, 2.45) is 0 Å². The molecule has 0 spiro atoms. The normalized spacial score (nSPS) is 17.4. The highest BCUT2D eigenvalue weighted by molar-refractivity contribution is 5.47. The van der Waals surface area contributed by atoms with E-state index in [1.807, 2.05) is 0 Å². The Bertz CT molecular complexity index is 671. The van der Waals surface area contributed by atoms with Crippen LogP contribution in [-0.4, -0.2) is 34.0 Å². The predicted molar refractivity (Wildman–Crippen MR) is 89.8 cm³/mol. The van der Waals surface area contributed by atoms with Crippen LogP contribution in [0.5, 0.6) is 0 Å². The van der Waals surface area contributed by atoms with Gasteiger partial charge in [-0.3, -0.25) is 4.90 Å². The molecule has 1 unspecified atom stereocenters. The quantitative estimate of drug-likeness (QED) is 0.940. The Morgan fingerprint density at radius 1 is 1.17 bits per heavy atom. The average molecular weight is 307 g/mol. The third-order valence-corrected chi connectivity index (χ3v) is 4.50. The van der Waals surface area contributed by atoms with Crippen LogP contribution in [0.4, 0.5) is 5.82 Å². The van der Waals surface area contributed by atoms with Crippen LogP contribution >= 0.6 is 0 Å². The van der Waals surface area contributed by atoms with Crippen molar-refractivity contribution in [2.45, 2.75) is 31.8 Å². The van der Waals surface area contributed by atoms with E-state index in [2.05, 4.69) is 63.5 Å². The van der Waals surface area contributed by atoms with E-state index in [0.717, 1.165) is 25.9 Å². The predicted octanol–water partition coefficient (Wildman–Crippen LogP) is 2.99. The van der Waals surface area contributed by atoms with Crippen molar-refractivity contribution in [1.82, 2.24) is 14.9 Å². The van der Waals surface area contributed by atoms with Crippen molar-refractivity contribution in [3.8, 4) is 6.07 Å². The van der Waals surface area contributed by atoms with Gasteiger partial charge in [0.1, 0.15) is 6.07 Å². The molecule has 3 rings (SSSR count). The molecular weight excluding hydrogens is 286 g/mol. The monoisotopic (exact) mass is 307 g/mol. The summed E-state index contributed by atoms with van der Waals surface area (Å²) in [5.41, 5.74) is 1.73. The lowest BCUT2D eigenvalue weighted by Gasteiger charge is -2.36. The molecule has 1 fully saturated rings. The minimum atomic E-state index is 0.345. The average Bonchev–Trinajstić information content (AvgIpc) is 2.63. The largest absolute Gasteiger partial charge is 0.365 e. The van der Waals surface area contributed by atoms with E-state index in [1.165, 1.54) is 5.56 Å². The molecule has 1 aromatic heterocycles. The molecule has 0 radical (unpaired) electrons. The number of piperidine rings is 1. The molecule has 0 aliphatic carbocycles. The number of nitriles is 1. The first-order chi connectivity index (χ1) is 11.3. The Morgan fingerprint density at radius 2 is 1.87 bits per heavy atom. The highest BCUT2D eigenvalue weighted by Gasteiger charge is 2.24. The zero-order chi connectivity index (χ0) is 16.1. The summed E-state index contributed by atoms with van der Waals surface area (Å²) in [6, 6.07) is 13.5. The van der Waals surface area contributed by atoms with Gasteiger partial charge in [-0.2, -0.15) is 5.26 Å². The fourth-order valence-electron chi connectivity index (χ4n) is 3.09. The second-order valence-corrected chi connectivity index (χ2v) is 5.91. The van der Waals surface area contributed by atoms with Gasteiger partial charge in [-0.1, -0.05) is 30.3 Å². The van der Waals surface area contributed by atoms with E-state index in [0.29, 0.717) is 23.6 Å². The topological polar surface area (TPSA) is 64.8 Å². The van der Waals surface area contributed by atoms with E-state index in [1.54, 1.807) is 12.4 Å². The molecular formula is C18H21N5. The van der Waals surface area contributed by atoms with Gasteiger partial charge in [0.25, 0.3) is 0 Å². The van der Waals surface area contributed by atoms with E-state index >= 15 is 0 Å². The zero-order valence-corrected chi connectivity index (χ0v) is 13.3. The molecule has 0 amide bonds. The molecule has 5 heteroatoms. The van der Waals surface area contributed by atoms with Crippen molar-refractivity contribution in [1.29, 1.82) is 5.26 Å².